The van der Waals surface area contributed by atoms with Gasteiger partial charge in [0.15, 0.2) is 5.96 Å². The summed E-state index contributed by atoms with van der Waals surface area (Å²) < 4.78 is 5.93. The SMILES string of the molecule is CN=C(NCCCOC1CCCCC1)NCc1nc(C)c(C)s1.I. The third-order valence-electron chi connectivity index (χ3n) is 4.22. The number of thiazole rings is 1. The molecule has 0 amide bonds. The van der Waals surface area contributed by atoms with Crippen LogP contribution in [0.15, 0.2) is 4.99 Å². The Morgan fingerprint density at radius 2 is 2.00 bits per heavy atom. The molecule has 0 saturated heterocycles. The van der Waals surface area contributed by atoms with Gasteiger partial charge in [0, 0.05) is 25.1 Å². The average molecular weight is 466 g/mol. The first-order valence-electron chi connectivity index (χ1n) is 8.68. The highest BCUT2D eigenvalue weighted by Gasteiger charge is 2.13. The number of nitrogens with one attached hydrogen (secondary N) is 2. The zero-order valence-electron chi connectivity index (χ0n) is 15.1. The van der Waals surface area contributed by atoms with Gasteiger partial charge in [0.2, 0.25) is 0 Å². The fourth-order valence-corrected chi connectivity index (χ4v) is 3.63. The molecule has 1 aromatic heterocycles. The summed E-state index contributed by atoms with van der Waals surface area (Å²) in [6.07, 6.45) is 8.02. The first kappa shape index (κ1) is 21.6. The predicted molar refractivity (Wildman–Crippen MR) is 113 cm³/mol. The van der Waals surface area contributed by atoms with E-state index in [9.17, 15) is 0 Å². The van der Waals surface area contributed by atoms with Crippen molar-refractivity contribution in [2.45, 2.75) is 65.0 Å². The third kappa shape index (κ3) is 7.65. The van der Waals surface area contributed by atoms with Crippen molar-refractivity contribution >= 4 is 41.3 Å². The molecular formula is C17H31IN4OS. The van der Waals surface area contributed by atoms with Gasteiger partial charge in [-0.15, -0.1) is 35.3 Å². The minimum absolute atomic E-state index is 0. The predicted octanol–water partition coefficient (Wildman–Crippen LogP) is 3.78. The molecule has 0 radical (unpaired) electrons. The lowest BCUT2D eigenvalue weighted by atomic mass is 9.98. The summed E-state index contributed by atoms with van der Waals surface area (Å²) in [6, 6.07) is 0. The normalized spacial score (nSPS) is 15.9. The van der Waals surface area contributed by atoms with E-state index in [1.807, 2.05) is 0 Å². The molecule has 1 heterocycles. The number of aromatic nitrogens is 1. The van der Waals surface area contributed by atoms with E-state index in [1.165, 1.54) is 37.0 Å². The Balaban J connectivity index is 0.00000288. The Bertz CT molecular complexity index is 481. The topological polar surface area (TPSA) is 58.5 Å². The number of guanidine groups is 1. The molecule has 24 heavy (non-hydrogen) atoms. The molecule has 1 aliphatic rings. The molecular weight excluding hydrogens is 435 g/mol. The fraction of sp³-hybridized carbons (Fsp3) is 0.765. The second kappa shape index (κ2) is 12.0. The van der Waals surface area contributed by atoms with Crippen LogP contribution in [0.25, 0.3) is 0 Å². The van der Waals surface area contributed by atoms with Gasteiger partial charge in [-0.3, -0.25) is 4.99 Å². The van der Waals surface area contributed by atoms with Crippen LogP contribution in [0.4, 0.5) is 0 Å². The first-order chi connectivity index (χ1) is 11.2. The second-order valence-corrected chi connectivity index (χ2v) is 7.37. The van der Waals surface area contributed by atoms with Crippen LogP contribution in [0, 0.1) is 13.8 Å². The van der Waals surface area contributed by atoms with Gasteiger partial charge in [0.25, 0.3) is 0 Å². The van der Waals surface area contributed by atoms with Gasteiger partial charge in [-0.05, 0) is 33.1 Å². The number of hydrogen-bond acceptors (Lipinski definition) is 4. The summed E-state index contributed by atoms with van der Waals surface area (Å²) in [6.45, 7) is 6.59. The lowest BCUT2D eigenvalue weighted by molar-refractivity contribution is 0.0277. The molecule has 0 atom stereocenters. The Morgan fingerprint density at radius 1 is 1.25 bits per heavy atom. The number of hydrogen-bond donors (Lipinski definition) is 2. The molecule has 1 aromatic rings. The molecule has 7 heteroatoms. The molecule has 2 rings (SSSR count). The van der Waals surface area contributed by atoms with Crippen LogP contribution in [0.3, 0.4) is 0 Å². The molecule has 0 aliphatic heterocycles. The first-order valence-corrected chi connectivity index (χ1v) is 9.49. The number of nitrogens with zero attached hydrogens (tertiary/aromatic N) is 2. The maximum atomic E-state index is 5.93. The van der Waals surface area contributed by atoms with E-state index in [0.29, 0.717) is 6.10 Å². The van der Waals surface area contributed by atoms with Gasteiger partial charge >= 0.3 is 0 Å². The minimum Gasteiger partial charge on any atom is -0.378 e. The fourth-order valence-electron chi connectivity index (χ4n) is 2.76. The highest BCUT2D eigenvalue weighted by Crippen LogP contribution is 2.20. The zero-order valence-corrected chi connectivity index (χ0v) is 18.2. The van der Waals surface area contributed by atoms with Crippen LogP contribution in [0.5, 0.6) is 0 Å². The van der Waals surface area contributed by atoms with Crippen molar-refractivity contribution in [1.82, 2.24) is 15.6 Å². The van der Waals surface area contributed by atoms with E-state index in [0.717, 1.165) is 42.8 Å². The number of halogens is 1. The van der Waals surface area contributed by atoms with E-state index in [4.69, 9.17) is 4.74 Å². The Labute approximate surface area is 167 Å². The molecule has 0 bridgehead atoms. The average Bonchev–Trinajstić information content (AvgIpc) is 2.89. The van der Waals surface area contributed by atoms with E-state index in [2.05, 4.69) is 34.5 Å². The van der Waals surface area contributed by atoms with Crippen LogP contribution in [-0.4, -0.2) is 37.2 Å². The highest BCUT2D eigenvalue weighted by atomic mass is 127. The van der Waals surface area contributed by atoms with Gasteiger partial charge in [-0.1, -0.05) is 19.3 Å². The maximum Gasteiger partial charge on any atom is 0.191 e. The largest absolute Gasteiger partial charge is 0.378 e. The van der Waals surface area contributed by atoms with Gasteiger partial charge < -0.3 is 15.4 Å². The summed E-state index contributed by atoms with van der Waals surface area (Å²) in [5.74, 6) is 0.827. The molecule has 0 aromatic carbocycles. The molecule has 138 valence electrons. The Hall–Kier alpha value is -0.410. The number of aryl methyl sites for hydroxylation is 2. The molecule has 1 fully saturated rings. The molecule has 0 unspecified atom stereocenters. The number of rotatable bonds is 7. The molecule has 5 nitrogen and oxygen atoms in total. The lowest BCUT2D eigenvalue weighted by Gasteiger charge is -2.22. The third-order valence-corrected chi connectivity index (χ3v) is 5.30. The van der Waals surface area contributed by atoms with Crippen molar-refractivity contribution in [2.75, 3.05) is 20.2 Å². The smallest absolute Gasteiger partial charge is 0.191 e. The summed E-state index contributed by atoms with van der Waals surface area (Å²) in [4.78, 5) is 10.1. The summed E-state index contributed by atoms with van der Waals surface area (Å²) in [7, 11) is 1.80. The van der Waals surface area contributed by atoms with E-state index < -0.39 is 0 Å². The Morgan fingerprint density at radius 3 is 2.62 bits per heavy atom. The van der Waals surface area contributed by atoms with E-state index in [-0.39, 0.29) is 24.0 Å². The standard InChI is InChI=1S/C17H30N4OS.HI/c1-13-14(2)23-16(21-13)12-20-17(18-3)19-10-7-11-22-15-8-5-4-6-9-15;/h15H,4-12H2,1-3H3,(H2,18,19,20);1H. The summed E-state index contributed by atoms with van der Waals surface area (Å²) >= 11 is 1.74. The molecule has 2 N–H and O–H groups in total. The monoisotopic (exact) mass is 466 g/mol. The van der Waals surface area contributed by atoms with Crippen molar-refractivity contribution in [3.8, 4) is 0 Å². The van der Waals surface area contributed by atoms with Crippen LogP contribution in [0.2, 0.25) is 0 Å². The van der Waals surface area contributed by atoms with Crippen molar-refractivity contribution < 1.29 is 4.74 Å². The maximum absolute atomic E-state index is 5.93. The molecule has 0 spiro atoms. The quantitative estimate of drug-likeness (QED) is 0.278. The van der Waals surface area contributed by atoms with Crippen LogP contribution in [-0.2, 0) is 11.3 Å². The molecule has 1 aliphatic carbocycles. The van der Waals surface area contributed by atoms with Crippen molar-refractivity contribution in [3.63, 3.8) is 0 Å². The Kier molecular flexibility index (Phi) is 10.8. The van der Waals surface area contributed by atoms with Gasteiger partial charge in [-0.25, -0.2) is 4.98 Å². The summed E-state index contributed by atoms with van der Waals surface area (Å²) in [5, 5.41) is 7.75. The van der Waals surface area contributed by atoms with Gasteiger partial charge in [0.05, 0.1) is 18.3 Å². The molecule has 1 saturated carbocycles. The summed E-state index contributed by atoms with van der Waals surface area (Å²) in [5.41, 5.74) is 1.12. The zero-order chi connectivity index (χ0) is 16.5. The van der Waals surface area contributed by atoms with Gasteiger partial charge in [0.1, 0.15) is 5.01 Å². The minimum atomic E-state index is 0. The van der Waals surface area contributed by atoms with Crippen molar-refractivity contribution in [2.24, 2.45) is 4.99 Å². The number of aliphatic imine (C=N–C) groups is 1. The van der Waals surface area contributed by atoms with Crippen LogP contribution < -0.4 is 10.6 Å². The van der Waals surface area contributed by atoms with Crippen LogP contribution in [0.1, 0.15) is 54.1 Å². The lowest BCUT2D eigenvalue weighted by Crippen LogP contribution is -2.37. The van der Waals surface area contributed by atoms with E-state index >= 15 is 0 Å². The highest BCUT2D eigenvalue weighted by molar-refractivity contribution is 14.0. The second-order valence-electron chi connectivity index (χ2n) is 6.09. The van der Waals surface area contributed by atoms with E-state index in [1.54, 1.807) is 18.4 Å². The van der Waals surface area contributed by atoms with Crippen molar-refractivity contribution in [3.05, 3.63) is 15.6 Å². The van der Waals surface area contributed by atoms with Crippen LogP contribution >= 0.6 is 35.3 Å². The van der Waals surface area contributed by atoms with Gasteiger partial charge in [-0.2, -0.15) is 0 Å². The van der Waals surface area contributed by atoms with Crippen molar-refractivity contribution in [1.29, 1.82) is 0 Å². The number of ether oxygens (including phenoxy) is 1.